The van der Waals surface area contributed by atoms with Crippen LogP contribution in [0.5, 0.6) is 0 Å². The maximum atomic E-state index is 12.2. The highest BCUT2D eigenvalue weighted by Crippen LogP contribution is 2.19. The third kappa shape index (κ3) is 2.76. The number of hydrogen-bond acceptors (Lipinski definition) is 4. The van der Waals surface area contributed by atoms with Gasteiger partial charge in [-0.1, -0.05) is 0 Å². The maximum absolute atomic E-state index is 12.2. The third-order valence-electron chi connectivity index (χ3n) is 2.91. The zero-order chi connectivity index (χ0) is 12.4. The number of hydrogen-bond donors (Lipinski definition) is 1. The van der Waals surface area contributed by atoms with Crippen molar-refractivity contribution < 1.29 is 4.79 Å². The molecule has 2 N–H and O–H groups in total. The van der Waals surface area contributed by atoms with Crippen LogP contribution >= 0.6 is 15.9 Å². The molecule has 1 aliphatic rings. The molecule has 0 spiro atoms. The van der Waals surface area contributed by atoms with Crippen molar-refractivity contribution in [3.8, 4) is 0 Å². The second-order valence-electron chi connectivity index (χ2n) is 4.19. The molecule has 6 heteroatoms. The number of carbonyl (C=O) groups is 1. The number of amides is 1. The molecule has 0 atom stereocenters. The van der Waals surface area contributed by atoms with E-state index in [9.17, 15) is 4.79 Å². The van der Waals surface area contributed by atoms with E-state index in [1.54, 1.807) is 6.07 Å². The molecule has 0 bridgehead atoms. The molecule has 0 radical (unpaired) electrons. The van der Waals surface area contributed by atoms with E-state index in [-0.39, 0.29) is 5.91 Å². The Kier molecular flexibility index (Phi) is 3.63. The first-order valence-corrected chi connectivity index (χ1v) is 6.26. The third-order valence-corrected chi connectivity index (χ3v) is 3.54. The monoisotopic (exact) mass is 298 g/mol. The van der Waals surface area contributed by atoms with E-state index in [0.29, 0.717) is 15.9 Å². The van der Waals surface area contributed by atoms with Crippen LogP contribution in [-0.4, -0.2) is 53.9 Å². The van der Waals surface area contributed by atoms with Gasteiger partial charge in [-0.2, -0.15) is 0 Å². The number of carbonyl (C=O) groups excluding carboxylic acids is 1. The molecule has 1 aromatic rings. The van der Waals surface area contributed by atoms with Crippen molar-refractivity contribution in [2.24, 2.45) is 0 Å². The molecule has 0 aromatic carbocycles. The molecule has 2 rings (SSSR count). The molecule has 5 nitrogen and oxygen atoms in total. The summed E-state index contributed by atoms with van der Waals surface area (Å²) >= 11 is 3.28. The van der Waals surface area contributed by atoms with Crippen LogP contribution < -0.4 is 5.73 Å². The van der Waals surface area contributed by atoms with Gasteiger partial charge in [0.2, 0.25) is 0 Å². The summed E-state index contributed by atoms with van der Waals surface area (Å²) in [5.41, 5.74) is 6.18. The van der Waals surface area contributed by atoms with Gasteiger partial charge in [-0.25, -0.2) is 4.98 Å². The minimum absolute atomic E-state index is 0.0197. The van der Waals surface area contributed by atoms with Gasteiger partial charge in [0.1, 0.15) is 5.82 Å². The Morgan fingerprint density at radius 2 is 2.06 bits per heavy atom. The van der Waals surface area contributed by atoms with Crippen molar-refractivity contribution in [1.29, 1.82) is 0 Å². The maximum Gasteiger partial charge on any atom is 0.255 e. The molecule has 17 heavy (non-hydrogen) atoms. The van der Waals surface area contributed by atoms with E-state index in [4.69, 9.17) is 5.73 Å². The fourth-order valence-electron chi connectivity index (χ4n) is 1.76. The summed E-state index contributed by atoms with van der Waals surface area (Å²) in [4.78, 5) is 20.2. The van der Waals surface area contributed by atoms with Gasteiger partial charge in [0, 0.05) is 32.4 Å². The molecule has 0 saturated carbocycles. The van der Waals surface area contributed by atoms with Gasteiger partial charge in [-0.3, -0.25) is 4.79 Å². The summed E-state index contributed by atoms with van der Waals surface area (Å²) in [5.74, 6) is 0.422. The Morgan fingerprint density at radius 1 is 1.41 bits per heavy atom. The van der Waals surface area contributed by atoms with Crippen LogP contribution in [0.25, 0.3) is 0 Å². The Balaban J connectivity index is 2.11. The number of rotatable bonds is 1. The highest BCUT2D eigenvalue weighted by molar-refractivity contribution is 9.10. The van der Waals surface area contributed by atoms with Crippen LogP contribution in [0.3, 0.4) is 0 Å². The normalized spacial score (nSPS) is 17.2. The van der Waals surface area contributed by atoms with Gasteiger partial charge in [0.15, 0.2) is 0 Å². The summed E-state index contributed by atoms with van der Waals surface area (Å²) in [5, 5.41) is 0. The summed E-state index contributed by atoms with van der Waals surface area (Å²) in [7, 11) is 2.06. The van der Waals surface area contributed by atoms with Crippen LogP contribution in [0.15, 0.2) is 16.7 Å². The summed E-state index contributed by atoms with van der Waals surface area (Å²) < 4.78 is 0.664. The number of nitrogen functional groups attached to an aromatic ring is 1. The molecular weight excluding hydrogens is 284 g/mol. The molecule has 1 saturated heterocycles. The van der Waals surface area contributed by atoms with Gasteiger partial charge in [-0.05, 0) is 29.0 Å². The smallest absolute Gasteiger partial charge is 0.255 e. The second kappa shape index (κ2) is 5.01. The summed E-state index contributed by atoms with van der Waals surface area (Å²) in [6.07, 6.45) is 1.53. The minimum Gasteiger partial charge on any atom is -0.383 e. The largest absolute Gasteiger partial charge is 0.383 e. The molecule has 2 heterocycles. The Morgan fingerprint density at radius 3 is 2.65 bits per heavy atom. The van der Waals surface area contributed by atoms with Gasteiger partial charge < -0.3 is 15.5 Å². The zero-order valence-corrected chi connectivity index (χ0v) is 11.3. The van der Waals surface area contributed by atoms with E-state index >= 15 is 0 Å². The van der Waals surface area contributed by atoms with E-state index < -0.39 is 0 Å². The quantitative estimate of drug-likeness (QED) is 0.834. The van der Waals surface area contributed by atoms with E-state index in [0.717, 1.165) is 26.2 Å². The average Bonchev–Trinajstić information content (AvgIpc) is 2.33. The SMILES string of the molecule is CN1CCN(C(=O)c2cnc(N)c(Br)c2)CC1. The predicted octanol–water partition coefficient (Wildman–Crippen LogP) is 0.814. The molecule has 92 valence electrons. The molecule has 0 unspecified atom stereocenters. The first-order valence-electron chi connectivity index (χ1n) is 5.47. The van der Waals surface area contributed by atoms with Gasteiger partial charge in [-0.15, -0.1) is 0 Å². The molecule has 1 aromatic heterocycles. The number of nitrogens with zero attached hydrogens (tertiary/aromatic N) is 3. The van der Waals surface area contributed by atoms with Crippen molar-refractivity contribution in [2.45, 2.75) is 0 Å². The van der Waals surface area contributed by atoms with Crippen molar-refractivity contribution in [3.05, 3.63) is 22.3 Å². The van der Waals surface area contributed by atoms with E-state index in [2.05, 4.69) is 32.9 Å². The van der Waals surface area contributed by atoms with Gasteiger partial charge in [0.05, 0.1) is 10.0 Å². The first-order chi connectivity index (χ1) is 8.08. The molecule has 1 amide bonds. The zero-order valence-electron chi connectivity index (χ0n) is 9.69. The summed E-state index contributed by atoms with van der Waals surface area (Å²) in [6, 6.07) is 1.73. The van der Waals surface area contributed by atoms with Crippen molar-refractivity contribution >= 4 is 27.7 Å². The first kappa shape index (κ1) is 12.3. The lowest BCUT2D eigenvalue weighted by Gasteiger charge is -2.32. The van der Waals surface area contributed by atoms with Crippen molar-refractivity contribution in [3.63, 3.8) is 0 Å². The molecule has 1 fully saturated rings. The number of nitrogens with two attached hydrogens (primary N) is 1. The second-order valence-corrected chi connectivity index (χ2v) is 5.04. The van der Waals surface area contributed by atoms with E-state index in [1.807, 2.05) is 4.90 Å². The Bertz CT molecular complexity index is 429. The number of pyridine rings is 1. The topological polar surface area (TPSA) is 62.5 Å². The minimum atomic E-state index is 0.0197. The van der Waals surface area contributed by atoms with Crippen LogP contribution in [0, 0.1) is 0 Å². The summed E-state index contributed by atoms with van der Waals surface area (Å²) in [6.45, 7) is 3.35. The standard InChI is InChI=1S/C11H15BrN4O/c1-15-2-4-16(5-3-15)11(17)8-6-9(12)10(13)14-7-8/h6-7H,2-5H2,1H3,(H2,13,14). The predicted molar refractivity (Wildman–Crippen MR) is 69.7 cm³/mol. The van der Waals surface area contributed by atoms with Crippen LogP contribution in [0.4, 0.5) is 5.82 Å². The fraction of sp³-hybridized carbons (Fsp3) is 0.455. The van der Waals surface area contributed by atoms with Gasteiger partial charge in [0.25, 0.3) is 5.91 Å². The van der Waals surface area contributed by atoms with Crippen LogP contribution in [0.1, 0.15) is 10.4 Å². The lowest BCUT2D eigenvalue weighted by Crippen LogP contribution is -2.47. The lowest BCUT2D eigenvalue weighted by molar-refractivity contribution is 0.0663. The van der Waals surface area contributed by atoms with Crippen LogP contribution in [-0.2, 0) is 0 Å². The van der Waals surface area contributed by atoms with Crippen molar-refractivity contribution in [2.75, 3.05) is 39.0 Å². The number of halogens is 1. The Hall–Kier alpha value is -1.14. The number of likely N-dealkylation sites (N-methyl/N-ethyl adjacent to an activating group) is 1. The Labute approximate surface area is 109 Å². The highest BCUT2D eigenvalue weighted by Gasteiger charge is 2.20. The van der Waals surface area contributed by atoms with Gasteiger partial charge >= 0.3 is 0 Å². The van der Waals surface area contributed by atoms with E-state index in [1.165, 1.54) is 6.20 Å². The number of aromatic nitrogens is 1. The lowest BCUT2D eigenvalue weighted by atomic mass is 10.2. The number of piperazine rings is 1. The van der Waals surface area contributed by atoms with Crippen molar-refractivity contribution in [1.82, 2.24) is 14.8 Å². The molecule has 1 aliphatic heterocycles. The average molecular weight is 299 g/mol. The fourth-order valence-corrected chi connectivity index (χ4v) is 2.11. The highest BCUT2D eigenvalue weighted by atomic mass is 79.9. The molecule has 0 aliphatic carbocycles. The molecular formula is C11H15BrN4O. The number of anilines is 1. The van der Waals surface area contributed by atoms with Crippen LogP contribution in [0.2, 0.25) is 0 Å².